The number of halogens is 1. The van der Waals surface area contributed by atoms with E-state index in [1.807, 2.05) is 0 Å². The topological polar surface area (TPSA) is 59.4 Å². The first-order valence-electron chi connectivity index (χ1n) is 4.12. The molecule has 0 aromatic heterocycles. The summed E-state index contributed by atoms with van der Waals surface area (Å²) in [6, 6.07) is 0. The molecule has 1 N–H and O–H groups in total. The first-order valence-corrected chi connectivity index (χ1v) is 5.04. The molecule has 0 bridgehead atoms. The fourth-order valence-electron chi connectivity index (χ4n) is 0.712. The molecule has 0 aliphatic rings. The van der Waals surface area contributed by atoms with Gasteiger partial charge in [-0.3, -0.25) is 10.2 Å². The van der Waals surface area contributed by atoms with Crippen molar-refractivity contribution in [2.45, 2.75) is 25.1 Å². The number of carbonyl (C=O) groups excluding carboxylic acids is 1. The van der Waals surface area contributed by atoms with Gasteiger partial charge in [-0.15, -0.1) is 0 Å². The molecular formula is C8H14BrNO3. The van der Waals surface area contributed by atoms with Gasteiger partial charge in [-0.2, -0.15) is 0 Å². The summed E-state index contributed by atoms with van der Waals surface area (Å²) in [5, 5.41) is 7.28. The average Bonchev–Trinajstić information content (AvgIpc) is 2.05. The second-order valence-corrected chi connectivity index (χ2v) is 3.39. The number of ether oxygens (including phenoxy) is 2. The van der Waals surface area contributed by atoms with Gasteiger partial charge in [0.25, 0.3) is 0 Å². The Kier molecular flexibility index (Phi) is 6.58. The molecule has 0 aliphatic heterocycles. The van der Waals surface area contributed by atoms with Crippen molar-refractivity contribution in [1.82, 2.24) is 0 Å². The third kappa shape index (κ3) is 5.63. The Labute approximate surface area is 86.2 Å². The largest absolute Gasteiger partial charge is 0.481 e. The molecule has 5 heteroatoms. The van der Waals surface area contributed by atoms with Gasteiger partial charge in [0.05, 0.1) is 13.2 Å². The van der Waals surface area contributed by atoms with Gasteiger partial charge in [0, 0.05) is 6.42 Å². The van der Waals surface area contributed by atoms with E-state index in [0.29, 0.717) is 13.2 Å². The molecule has 0 aromatic carbocycles. The standard InChI is InChI=1S/C8H14BrNO3/c1-3-12-7(10)5-6(9)8(11)13-4-2/h6,10H,3-5H2,1-2H3. The lowest BCUT2D eigenvalue weighted by Crippen LogP contribution is -2.21. The van der Waals surface area contributed by atoms with E-state index in [4.69, 9.17) is 14.9 Å². The quantitative estimate of drug-likeness (QED) is 0.350. The highest BCUT2D eigenvalue weighted by Gasteiger charge is 2.18. The average molecular weight is 252 g/mol. The molecule has 0 spiro atoms. The number of nitrogens with one attached hydrogen (secondary N) is 1. The van der Waals surface area contributed by atoms with Gasteiger partial charge >= 0.3 is 5.97 Å². The van der Waals surface area contributed by atoms with E-state index < -0.39 is 4.83 Å². The molecule has 0 aliphatic carbocycles. The van der Waals surface area contributed by atoms with Crippen molar-refractivity contribution in [3.63, 3.8) is 0 Å². The third-order valence-corrected chi connectivity index (χ3v) is 1.92. The van der Waals surface area contributed by atoms with Crippen molar-refractivity contribution < 1.29 is 14.3 Å². The van der Waals surface area contributed by atoms with Gasteiger partial charge in [0.15, 0.2) is 5.90 Å². The molecular weight excluding hydrogens is 238 g/mol. The zero-order valence-corrected chi connectivity index (χ0v) is 9.39. The lowest BCUT2D eigenvalue weighted by Gasteiger charge is -2.09. The summed E-state index contributed by atoms with van der Waals surface area (Å²) in [6.07, 6.45) is 0.229. The Morgan fingerprint density at radius 2 is 1.92 bits per heavy atom. The van der Waals surface area contributed by atoms with E-state index in [2.05, 4.69) is 15.9 Å². The Morgan fingerprint density at radius 3 is 2.38 bits per heavy atom. The van der Waals surface area contributed by atoms with E-state index >= 15 is 0 Å². The normalized spacial score (nSPS) is 11.9. The van der Waals surface area contributed by atoms with Crippen LogP contribution in [-0.4, -0.2) is 29.9 Å². The molecule has 0 rings (SSSR count). The zero-order chi connectivity index (χ0) is 10.3. The van der Waals surface area contributed by atoms with Gasteiger partial charge in [0.2, 0.25) is 0 Å². The van der Waals surface area contributed by atoms with Crippen LogP contribution in [0, 0.1) is 5.41 Å². The maximum absolute atomic E-state index is 11.1. The number of esters is 1. The van der Waals surface area contributed by atoms with Crippen molar-refractivity contribution in [1.29, 1.82) is 5.41 Å². The molecule has 0 saturated heterocycles. The maximum atomic E-state index is 11.1. The van der Waals surface area contributed by atoms with Gasteiger partial charge in [-0.05, 0) is 13.8 Å². The fraction of sp³-hybridized carbons (Fsp3) is 0.750. The summed E-state index contributed by atoms with van der Waals surface area (Å²) in [4.78, 5) is 10.6. The highest BCUT2D eigenvalue weighted by molar-refractivity contribution is 9.10. The summed E-state index contributed by atoms with van der Waals surface area (Å²) >= 11 is 3.12. The maximum Gasteiger partial charge on any atom is 0.320 e. The first-order chi connectivity index (χ1) is 6.11. The second-order valence-electron chi connectivity index (χ2n) is 2.28. The van der Waals surface area contributed by atoms with E-state index in [9.17, 15) is 4.79 Å². The molecule has 0 amide bonds. The molecule has 0 saturated carbocycles. The van der Waals surface area contributed by atoms with Gasteiger partial charge < -0.3 is 9.47 Å². The fourth-order valence-corrected chi connectivity index (χ4v) is 1.14. The predicted octanol–water partition coefficient (Wildman–Crippen LogP) is 1.72. The number of rotatable bonds is 5. The molecule has 4 nitrogen and oxygen atoms in total. The molecule has 1 unspecified atom stereocenters. The molecule has 0 aromatic rings. The summed E-state index contributed by atoms with van der Waals surface area (Å²) in [5.74, 6) is -0.260. The van der Waals surface area contributed by atoms with E-state index in [-0.39, 0.29) is 18.3 Å². The first kappa shape index (κ1) is 12.4. The van der Waals surface area contributed by atoms with Gasteiger partial charge in [-0.25, -0.2) is 0 Å². The van der Waals surface area contributed by atoms with Gasteiger partial charge in [-0.1, -0.05) is 15.9 Å². The minimum Gasteiger partial charge on any atom is -0.481 e. The highest BCUT2D eigenvalue weighted by Crippen LogP contribution is 2.08. The number of alkyl halides is 1. The van der Waals surface area contributed by atoms with Crippen LogP contribution >= 0.6 is 15.9 Å². The van der Waals surface area contributed by atoms with Crippen LogP contribution in [0.2, 0.25) is 0 Å². The van der Waals surface area contributed by atoms with E-state index in [1.54, 1.807) is 13.8 Å². The number of hydrogen-bond donors (Lipinski definition) is 1. The second kappa shape index (κ2) is 6.88. The van der Waals surface area contributed by atoms with Crippen molar-refractivity contribution in [2.24, 2.45) is 0 Å². The lowest BCUT2D eigenvalue weighted by atomic mass is 10.3. The van der Waals surface area contributed by atoms with Crippen LogP contribution in [0.4, 0.5) is 0 Å². The minimum absolute atomic E-state index is 0.0948. The third-order valence-electron chi connectivity index (χ3n) is 1.23. The SMILES string of the molecule is CCOC(=N)CC(Br)C(=O)OCC. The van der Waals surface area contributed by atoms with Crippen LogP contribution in [0.1, 0.15) is 20.3 Å². The molecule has 0 radical (unpaired) electrons. The molecule has 76 valence electrons. The predicted molar refractivity (Wildman–Crippen MR) is 53.3 cm³/mol. The van der Waals surface area contributed by atoms with Crippen LogP contribution < -0.4 is 0 Å². The summed E-state index contributed by atoms with van der Waals surface area (Å²) in [5.41, 5.74) is 0. The highest BCUT2D eigenvalue weighted by atomic mass is 79.9. The number of carbonyl (C=O) groups is 1. The summed E-state index contributed by atoms with van der Waals surface area (Å²) in [6.45, 7) is 4.33. The van der Waals surface area contributed by atoms with Crippen LogP contribution in [0.3, 0.4) is 0 Å². The van der Waals surface area contributed by atoms with Crippen LogP contribution in [0.5, 0.6) is 0 Å². The smallest absolute Gasteiger partial charge is 0.320 e. The Balaban J connectivity index is 3.78. The van der Waals surface area contributed by atoms with E-state index in [0.717, 1.165) is 0 Å². The van der Waals surface area contributed by atoms with E-state index in [1.165, 1.54) is 0 Å². The monoisotopic (exact) mass is 251 g/mol. The van der Waals surface area contributed by atoms with Crippen molar-refractivity contribution >= 4 is 27.8 Å². The molecule has 13 heavy (non-hydrogen) atoms. The molecule has 1 atom stereocenters. The molecule has 0 heterocycles. The number of hydrogen-bond acceptors (Lipinski definition) is 4. The van der Waals surface area contributed by atoms with Crippen LogP contribution in [-0.2, 0) is 14.3 Å². The van der Waals surface area contributed by atoms with Gasteiger partial charge in [0.1, 0.15) is 4.83 Å². The molecule has 0 fully saturated rings. The van der Waals surface area contributed by atoms with Crippen molar-refractivity contribution in [3.8, 4) is 0 Å². The van der Waals surface area contributed by atoms with Crippen LogP contribution in [0.25, 0.3) is 0 Å². The Morgan fingerprint density at radius 1 is 1.38 bits per heavy atom. The minimum atomic E-state index is -0.480. The Bertz CT molecular complexity index is 184. The zero-order valence-electron chi connectivity index (χ0n) is 7.80. The van der Waals surface area contributed by atoms with Crippen LogP contribution in [0.15, 0.2) is 0 Å². The summed E-state index contributed by atoms with van der Waals surface area (Å²) in [7, 11) is 0. The lowest BCUT2D eigenvalue weighted by molar-refractivity contribution is -0.142. The Hall–Kier alpha value is -0.580. The summed E-state index contributed by atoms with van der Waals surface area (Å²) < 4.78 is 9.63. The van der Waals surface area contributed by atoms with Crippen molar-refractivity contribution in [3.05, 3.63) is 0 Å². The van der Waals surface area contributed by atoms with Crippen molar-refractivity contribution in [2.75, 3.05) is 13.2 Å².